The number of rotatable bonds is 2. The highest BCUT2D eigenvalue weighted by Gasteiger charge is 2.47. The molecule has 2 fully saturated rings. The molecule has 0 aliphatic heterocycles. The molecule has 0 heterocycles. The molecule has 2 saturated carbocycles. The Morgan fingerprint density at radius 3 is 2.27 bits per heavy atom. The minimum atomic E-state index is 0.589. The van der Waals surface area contributed by atoms with Crippen LogP contribution in [0, 0.1) is 24.7 Å². The van der Waals surface area contributed by atoms with Crippen molar-refractivity contribution in [1.29, 1.82) is 0 Å². The number of hydrogen-bond acceptors (Lipinski definition) is 0. The first-order valence-corrected chi connectivity index (χ1v) is 6.86. The van der Waals surface area contributed by atoms with Crippen LogP contribution < -0.4 is 0 Å². The van der Waals surface area contributed by atoms with Gasteiger partial charge in [-0.3, -0.25) is 0 Å². The molecule has 1 aromatic carbocycles. The monoisotopic (exact) mass is 264 g/mol. The smallest absolute Gasteiger partial charge is 0.0423 e. The van der Waals surface area contributed by atoms with Gasteiger partial charge < -0.3 is 0 Å². The van der Waals surface area contributed by atoms with E-state index in [2.05, 4.69) is 47.1 Å². The normalized spacial score (nSPS) is 34.9. The van der Waals surface area contributed by atoms with Gasteiger partial charge in [0.05, 0.1) is 0 Å². The van der Waals surface area contributed by atoms with Crippen LogP contribution in [-0.4, -0.2) is 0 Å². The topological polar surface area (TPSA) is 0 Å². The van der Waals surface area contributed by atoms with Gasteiger partial charge in [-0.1, -0.05) is 45.8 Å². The largest absolute Gasteiger partial charge is 0.0836 e. The molecular weight excluding hydrogens is 248 g/mol. The molecule has 0 N–H and O–H groups in total. The summed E-state index contributed by atoms with van der Waals surface area (Å²) in [5.41, 5.74) is 2.82. The Hall–Kier alpha value is -0.300. The summed E-state index contributed by atoms with van der Waals surface area (Å²) in [6.45, 7) is 2.15. The van der Waals surface area contributed by atoms with E-state index < -0.39 is 0 Å². The average Bonchev–Trinajstić information content (AvgIpc) is 2.86. The third-order valence-corrected chi connectivity index (χ3v) is 5.37. The molecule has 0 spiro atoms. The summed E-state index contributed by atoms with van der Waals surface area (Å²) in [5.74, 6) is 3.05. The quantitative estimate of drug-likeness (QED) is 0.692. The Labute approximate surface area is 100 Å². The van der Waals surface area contributed by atoms with Gasteiger partial charge in [-0.25, -0.2) is 0 Å². The summed E-state index contributed by atoms with van der Waals surface area (Å²) in [4.78, 5) is 0.589. The van der Waals surface area contributed by atoms with Crippen LogP contribution in [0.2, 0.25) is 0 Å². The maximum atomic E-state index is 3.89. The number of aryl methyl sites for hydroxylation is 1. The van der Waals surface area contributed by atoms with Gasteiger partial charge in [0, 0.05) is 4.83 Å². The molecule has 1 heteroatoms. The molecule has 80 valence electrons. The van der Waals surface area contributed by atoms with Gasteiger partial charge in [0.25, 0.3) is 0 Å². The van der Waals surface area contributed by atoms with Crippen LogP contribution in [0.1, 0.15) is 35.2 Å². The minimum absolute atomic E-state index is 0.589. The lowest BCUT2D eigenvalue weighted by atomic mass is 9.94. The second-order valence-electron chi connectivity index (χ2n) is 5.30. The predicted molar refractivity (Wildman–Crippen MR) is 67.2 cm³/mol. The van der Waals surface area contributed by atoms with E-state index in [0.29, 0.717) is 4.83 Å². The van der Waals surface area contributed by atoms with Crippen molar-refractivity contribution in [3.63, 3.8) is 0 Å². The van der Waals surface area contributed by atoms with E-state index in [1.54, 1.807) is 0 Å². The molecule has 3 unspecified atom stereocenters. The van der Waals surface area contributed by atoms with Crippen LogP contribution in [-0.2, 0) is 0 Å². The molecule has 1 aromatic rings. The molecule has 15 heavy (non-hydrogen) atoms. The standard InChI is InChI=1S/C14H17Br/c1-9-2-4-10(5-3-9)14(15)13-7-11-6-12(11)8-13/h2-5,11-14H,6-8H2,1H3. The first kappa shape index (κ1) is 9.89. The van der Waals surface area contributed by atoms with Gasteiger partial charge in [-0.2, -0.15) is 0 Å². The molecule has 0 bridgehead atoms. The van der Waals surface area contributed by atoms with Crippen LogP contribution in [0.3, 0.4) is 0 Å². The van der Waals surface area contributed by atoms with Crippen LogP contribution in [0.25, 0.3) is 0 Å². The molecule has 0 aromatic heterocycles. The number of alkyl halides is 1. The van der Waals surface area contributed by atoms with Crippen molar-refractivity contribution in [2.24, 2.45) is 17.8 Å². The third kappa shape index (κ3) is 1.87. The molecule has 3 atom stereocenters. The van der Waals surface area contributed by atoms with E-state index in [0.717, 1.165) is 17.8 Å². The first-order valence-electron chi connectivity index (χ1n) is 5.94. The highest BCUT2D eigenvalue weighted by Crippen LogP contribution is 2.58. The van der Waals surface area contributed by atoms with Crippen LogP contribution in [0.15, 0.2) is 24.3 Å². The Morgan fingerprint density at radius 2 is 1.67 bits per heavy atom. The summed E-state index contributed by atoms with van der Waals surface area (Å²) in [5, 5.41) is 0. The Bertz CT molecular complexity index is 344. The molecule has 0 saturated heterocycles. The SMILES string of the molecule is Cc1ccc(C(Br)C2CC3CC3C2)cc1. The number of hydrogen-bond donors (Lipinski definition) is 0. The minimum Gasteiger partial charge on any atom is -0.0836 e. The van der Waals surface area contributed by atoms with E-state index in [9.17, 15) is 0 Å². The maximum Gasteiger partial charge on any atom is 0.0423 e. The van der Waals surface area contributed by atoms with Crippen molar-refractivity contribution in [3.8, 4) is 0 Å². The van der Waals surface area contributed by atoms with Crippen molar-refractivity contribution in [1.82, 2.24) is 0 Å². The van der Waals surface area contributed by atoms with Crippen LogP contribution >= 0.6 is 15.9 Å². The van der Waals surface area contributed by atoms with Crippen LogP contribution in [0.5, 0.6) is 0 Å². The molecule has 2 aliphatic rings. The van der Waals surface area contributed by atoms with E-state index in [-0.39, 0.29) is 0 Å². The van der Waals surface area contributed by atoms with E-state index >= 15 is 0 Å². The summed E-state index contributed by atoms with van der Waals surface area (Å²) in [6, 6.07) is 9.00. The molecule has 0 radical (unpaired) electrons. The second-order valence-corrected chi connectivity index (χ2v) is 6.29. The van der Waals surface area contributed by atoms with E-state index in [4.69, 9.17) is 0 Å². The van der Waals surface area contributed by atoms with E-state index in [1.807, 2.05) is 0 Å². The summed E-state index contributed by atoms with van der Waals surface area (Å²) < 4.78 is 0. The number of fused-ring (bicyclic) bond motifs is 1. The molecule has 3 rings (SSSR count). The highest BCUT2D eigenvalue weighted by atomic mass is 79.9. The van der Waals surface area contributed by atoms with Gasteiger partial charge in [0.2, 0.25) is 0 Å². The third-order valence-electron chi connectivity index (χ3n) is 4.09. The lowest BCUT2D eigenvalue weighted by molar-refractivity contribution is 0.482. The fraction of sp³-hybridized carbons (Fsp3) is 0.571. The van der Waals surface area contributed by atoms with Crippen LogP contribution in [0.4, 0.5) is 0 Å². The predicted octanol–water partition coefficient (Wildman–Crippen LogP) is 4.48. The number of halogens is 1. The second kappa shape index (κ2) is 3.62. The lowest BCUT2D eigenvalue weighted by Crippen LogP contribution is -2.05. The molecule has 2 aliphatic carbocycles. The van der Waals surface area contributed by atoms with Gasteiger partial charge in [-0.05, 0) is 49.5 Å². The molecule has 0 amide bonds. The Balaban J connectivity index is 1.73. The van der Waals surface area contributed by atoms with Crippen molar-refractivity contribution in [3.05, 3.63) is 35.4 Å². The fourth-order valence-corrected chi connectivity index (χ4v) is 3.76. The van der Waals surface area contributed by atoms with E-state index in [1.165, 1.54) is 30.4 Å². The summed E-state index contributed by atoms with van der Waals surface area (Å²) in [6.07, 6.45) is 4.42. The summed E-state index contributed by atoms with van der Waals surface area (Å²) in [7, 11) is 0. The average molecular weight is 265 g/mol. The lowest BCUT2D eigenvalue weighted by Gasteiger charge is -2.19. The number of benzene rings is 1. The fourth-order valence-electron chi connectivity index (χ4n) is 3.02. The van der Waals surface area contributed by atoms with Crippen molar-refractivity contribution in [2.45, 2.75) is 31.0 Å². The zero-order chi connectivity index (χ0) is 10.4. The van der Waals surface area contributed by atoms with Gasteiger partial charge in [0.15, 0.2) is 0 Å². The van der Waals surface area contributed by atoms with Gasteiger partial charge in [0.1, 0.15) is 0 Å². The zero-order valence-electron chi connectivity index (χ0n) is 9.12. The molecular formula is C14H17Br. The highest BCUT2D eigenvalue weighted by molar-refractivity contribution is 9.09. The van der Waals surface area contributed by atoms with Gasteiger partial charge >= 0.3 is 0 Å². The zero-order valence-corrected chi connectivity index (χ0v) is 10.7. The van der Waals surface area contributed by atoms with Crippen molar-refractivity contribution in [2.75, 3.05) is 0 Å². The molecule has 0 nitrogen and oxygen atoms in total. The van der Waals surface area contributed by atoms with Gasteiger partial charge in [-0.15, -0.1) is 0 Å². The Kier molecular flexibility index (Phi) is 2.39. The van der Waals surface area contributed by atoms with Crippen molar-refractivity contribution < 1.29 is 0 Å². The van der Waals surface area contributed by atoms with Crippen molar-refractivity contribution >= 4 is 15.9 Å². The first-order chi connectivity index (χ1) is 7.24. The Morgan fingerprint density at radius 1 is 1.07 bits per heavy atom. The maximum absolute atomic E-state index is 3.89. The summed E-state index contributed by atoms with van der Waals surface area (Å²) >= 11 is 3.89.